The number of aromatic nitrogens is 1. The van der Waals surface area contributed by atoms with E-state index in [1.807, 2.05) is 18.0 Å². The minimum absolute atomic E-state index is 0.232. The number of anilines is 1. The summed E-state index contributed by atoms with van der Waals surface area (Å²) in [7, 11) is 1.88. The van der Waals surface area contributed by atoms with Crippen molar-refractivity contribution in [1.29, 1.82) is 5.26 Å². The summed E-state index contributed by atoms with van der Waals surface area (Å²) >= 11 is 8.14. The number of alkyl halides is 2. The molecule has 25 nitrogen and oxygen atoms in total. The van der Waals surface area contributed by atoms with E-state index < -0.39 is 152 Å². The van der Waals surface area contributed by atoms with Gasteiger partial charge in [0, 0.05) is 107 Å². The summed E-state index contributed by atoms with van der Waals surface area (Å²) in [5, 5.41) is 44.7. The molecule has 1 aromatic carbocycles. The Bertz CT molecular complexity index is 2570. The molecule has 1 unspecified atom stereocenters. The number of piperazine rings is 1. The Labute approximate surface area is 452 Å². The summed E-state index contributed by atoms with van der Waals surface area (Å²) < 4.78 is 27.8. The third-order valence-corrected chi connectivity index (χ3v) is 13.5. The number of Topliss-reactive ketones (excluding diaryl/α,β-unsaturated/α-hetero) is 1. The molecular formula is C48H64F2N12O13S2. The fourth-order valence-electron chi connectivity index (χ4n) is 8.52. The molecule has 0 bridgehead atoms. The maximum atomic E-state index is 13.9. The predicted molar refractivity (Wildman–Crippen MR) is 278 cm³/mol. The minimum atomic E-state index is -3.12. The smallest absolute Gasteiger partial charge is 0.303 e. The van der Waals surface area contributed by atoms with Crippen molar-refractivity contribution in [2.24, 2.45) is 11.8 Å². The first-order chi connectivity index (χ1) is 36.4. The molecule has 2 aromatic rings. The number of benzene rings is 1. The van der Waals surface area contributed by atoms with Crippen molar-refractivity contribution in [3.05, 3.63) is 36.0 Å². The number of hydrogen-bond acceptors (Lipinski definition) is 17. The zero-order chi connectivity index (χ0) is 57.0. The molecule has 1 saturated heterocycles. The fraction of sp³-hybridized carbons (Fsp3) is 0.562. The summed E-state index contributed by atoms with van der Waals surface area (Å²) in [4.78, 5) is 148. The van der Waals surface area contributed by atoms with Crippen LogP contribution in [0.2, 0.25) is 0 Å². The second-order valence-electron chi connectivity index (χ2n) is 18.5. The van der Waals surface area contributed by atoms with Gasteiger partial charge in [-0.25, -0.2) is 8.78 Å². The zero-order valence-electron chi connectivity index (χ0n) is 42.4. The molecule has 2 aliphatic rings. The van der Waals surface area contributed by atoms with E-state index in [1.165, 1.54) is 12.3 Å². The number of nitrogens with zero attached hydrogens (tertiary/aromatic N) is 5. The topological polar surface area (TPSA) is 359 Å². The second kappa shape index (κ2) is 29.9. The van der Waals surface area contributed by atoms with Crippen molar-refractivity contribution in [2.45, 2.75) is 82.0 Å². The Morgan fingerprint density at radius 3 is 1.97 bits per heavy atom. The number of nitriles is 1. The van der Waals surface area contributed by atoms with Crippen LogP contribution in [0.3, 0.4) is 0 Å². The molecule has 6 atom stereocenters. The molecule has 2 fully saturated rings. The van der Waals surface area contributed by atoms with E-state index in [9.17, 15) is 71.9 Å². The van der Waals surface area contributed by atoms with E-state index in [0.717, 1.165) is 12.6 Å². The van der Waals surface area contributed by atoms with Crippen LogP contribution in [0.15, 0.2) is 30.5 Å². The number of carbonyl (C=O) groups excluding carboxylic acids is 9. The monoisotopic (exact) mass is 1120 g/mol. The zero-order valence-corrected chi connectivity index (χ0v) is 44.1. The maximum absolute atomic E-state index is 13.9. The number of amides is 8. The quantitative estimate of drug-likeness (QED) is 0.0412. The van der Waals surface area contributed by atoms with Crippen molar-refractivity contribution >= 4 is 107 Å². The lowest BCUT2D eigenvalue weighted by atomic mass is 9.93. The molecule has 4 rings (SSSR count). The Balaban J connectivity index is 1.21. The molecule has 1 aliphatic heterocycles. The van der Waals surface area contributed by atoms with Gasteiger partial charge in [0.15, 0.2) is 5.78 Å². The summed E-state index contributed by atoms with van der Waals surface area (Å²) in [5.74, 6) is -15.2. The summed E-state index contributed by atoms with van der Waals surface area (Å²) in [6, 6.07) is 3.22. The number of rotatable bonds is 29. The molecule has 29 heteroatoms. The largest absolute Gasteiger partial charge is 0.481 e. The van der Waals surface area contributed by atoms with Crippen LogP contribution in [-0.2, 0) is 47.9 Å². The van der Waals surface area contributed by atoms with Crippen LogP contribution < -0.4 is 42.1 Å². The molecule has 77 heavy (non-hydrogen) atoms. The molecule has 2 heterocycles. The highest BCUT2D eigenvalue weighted by Crippen LogP contribution is 2.43. The van der Waals surface area contributed by atoms with Gasteiger partial charge in [-0.3, -0.25) is 62.6 Å². The van der Waals surface area contributed by atoms with Crippen LogP contribution in [0.25, 0.3) is 10.9 Å². The third kappa shape index (κ3) is 19.7. The number of carboxylic acids is 2. The SMILES string of the molecule is CC(=O)N[C@@H](CCC(=O)O)C(=O)N[C@@H](CS)C(=O)NCC(=O)N[C@@H](CS)C(=O)N[C@@H](CCC(=O)O)C(=O)NCC(=O)N1CCN(CCCN(C)c2ccc3nccc(C(=O)NCC(=O)C4CC(F)(F)C[C@H]4C#N)c3c2)CC1. The molecule has 9 N–H and O–H groups in total. The van der Waals surface area contributed by atoms with Crippen molar-refractivity contribution < 1.29 is 71.7 Å². The van der Waals surface area contributed by atoms with Crippen LogP contribution in [0.5, 0.6) is 0 Å². The average molecular weight is 1120 g/mol. The number of ketones is 1. The highest BCUT2D eigenvalue weighted by molar-refractivity contribution is 7.80. The van der Waals surface area contributed by atoms with Crippen LogP contribution >= 0.6 is 25.3 Å². The van der Waals surface area contributed by atoms with Gasteiger partial charge in [-0.05, 0) is 50.1 Å². The summed E-state index contributed by atoms with van der Waals surface area (Å²) in [5.41, 5.74) is 1.52. The number of aliphatic carboxylic acids is 2. The number of hydrogen-bond donors (Lipinski definition) is 11. The second-order valence-corrected chi connectivity index (χ2v) is 19.2. The number of fused-ring (bicyclic) bond motifs is 1. The lowest BCUT2D eigenvalue weighted by molar-refractivity contribution is -0.139. The molecule has 8 amide bonds. The van der Waals surface area contributed by atoms with Gasteiger partial charge in [0.25, 0.3) is 5.91 Å². The Morgan fingerprint density at radius 2 is 1.36 bits per heavy atom. The summed E-state index contributed by atoms with van der Waals surface area (Å²) in [6.07, 6.45) is -0.934. The van der Waals surface area contributed by atoms with Crippen LogP contribution in [0, 0.1) is 23.2 Å². The average Bonchev–Trinajstić information content (AvgIpc) is 3.73. The van der Waals surface area contributed by atoms with Crippen molar-refractivity contribution in [2.75, 3.05) is 82.4 Å². The lowest BCUT2D eigenvalue weighted by Gasteiger charge is -2.35. The molecule has 1 aromatic heterocycles. The number of nitrogens with one attached hydrogen (secondary N) is 7. The Kier molecular flexibility index (Phi) is 24.2. The van der Waals surface area contributed by atoms with Crippen molar-refractivity contribution in [3.63, 3.8) is 0 Å². The fourth-order valence-corrected chi connectivity index (χ4v) is 9.03. The van der Waals surface area contributed by atoms with E-state index >= 15 is 0 Å². The van der Waals surface area contributed by atoms with Gasteiger partial charge in [0.1, 0.15) is 24.2 Å². The van der Waals surface area contributed by atoms with E-state index in [4.69, 9.17) is 5.11 Å². The van der Waals surface area contributed by atoms with Gasteiger partial charge in [-0.1, -0.05) is 0 Å². The van der Waals surface area contributed by atoms with E-state index in [2.05, 4.69) is 72.4 Å². The number of carbonyl (C=O) groups is 11. The summed E-state index contributed by atoms with van der Waals surface area (Å²) in [6.45, 7) is 2.43. The minimum Gasteiger partial charge on any atom is -0.481 e. The van der Waals surface area contributed by atoms with E-state index in [1.54, 1.807) is 23.1 Å². The Morgan fingerprint density at radius 1 is 0.779 bits per heavy atom. The predicted octanol–water partition coefficient (Wildman–Crippen LogP) is -1.53. The van der Waals surface area contributed by atoms with Gasteiger partial charge in [-0.2, -0.15) is 30.5 Å². The molecule has 0 spiro atoms. The molecule has 1 saturated carbocycles. The molecule has 0 radical (unpaired) electrons. The van der Waals surface area contributed by atoms with Gasteiger partial charge in [0.05, 0.1) is 42.7 Å². The first-order valence-electron chi connectivity index (χ1n) is 24.5. The molecule has 420 valence electrons. The van der Waals surface area contributed by atoms with Gasteiger partial charge >= 0.3 is 11.9 Å². The maximum Gasteiger partial charge on any atom is 0.303 e. The normalized spacial score (nSPS) is 17.5. The molecule has 1 aliphatic carbocycles. The Hall–Kier alpha value is -7.19. The van der Waals surface area contributed by atoms with Crippen molar-refractivity contribution in [1.82, 2.24) is 52.0 Å². The lowest BCUT2D eigenvalue weighted by Crippen LogP contribution is -2.57. The van der Waals surface area contributed by atoms with Gasteiger partial charge in [-0.15, -0.1) is 0 Å². The highest BCUT2D eigenvalue weighted by atomic mass is 32.1. The number of pyridine rings is 1. The van der Waals surface area contributed by atoms with E-state index in [0.29, 0.717) is 56.6 Å². The van der Waals surface area contributed by atoms with Crippen molar-refractivity contribution in [3.8, 4) is 6.07 Å². The van der Waals surface area contributed by atoms with Crippen LogP contribution in [-0.4, -0.2) is 198 Å². The van der Waals surface area contributed by atoms with E-state index in [-0.39, 0.29) is 29.9 Å². The standard InChI is InChI=1S/C48H64F2N12O13S2/c1-27(63)56-35(7-9-42(69)70)46(74)59-36(25-76)45(73)54-23-39(65)57-37(26-77)47(75)58-34(6-8-41(67)68)44(72)55-24-40(66)62-16-14-61(15-17-62)13-3-12-60(2)29-4-5-33-31(18-29)30(10-11-52-33)43(71)53-22-38(64)32-20-48(49,50)19-28(32)21-51/h4-5,10-11,18,28,32,34-37,76-77H,3,6-9,12-17,19-20,22-26H2,1-2H3,(H,53,71)(H,54,73)(H,55,72)(H,56,63)(H,57,65)(H,58,75)(H,59,74)(H,67,68)(H,69,70)/t28-,32?,34-,35-,36-,37-/m0/s1. The number of halogens is 2. The van der Waals surface area contributed by atoms with Gasteiger partial charge < -0.3 is 57.2 Å². The first kappa shape index (κ1) is 62.4. The van der Waals surface area contributed by atoms with Gasteiger partial charge in [0.2, 0.25) is 47.3 Å². The number of carboxylic acid groups (broad SMARTS) is 2. The molecular weight excluding hydrogens is 1050 g/mol. The first-order valence-corrected chi connectivity index (χ1v) is 25.8. The number of thiol groups is 2. The van der Waals surface area contributed by atoms with Crippen LogP contribution in [0.4, 0.5) is 14.5 Å². The highest BCUT2D eigenvalue weighted by Gasteiger charge is 2.49. The third-order valence-electron chi connectivity index (χ3n) is 12.7. The van der Waals surface area contributed by atoms with Crippen LogP contribution in [0.1, 0.15) is 62.2 Å².